The summed E-state index contributed by atoms with van der Waals surface area (Å²) < 4.78 is 0. The largest absolute Gasteiger partial charge is 0.377 e. The van der Waals surface area contributed by atoms with Crippen molar-refractivity contribution in [3.8, 4) is 12.3 Å². The first kappa shape index (κ1) is 14.8. The third-order valence-corrected chi connectivity index (χ3v) is 0.595. The minimum atomic E-state index is 0.000000000000000222. The van der Waals surface area contributed by atoms with Crippen LogP contribution in [-0.4, -0.2) is 21.6 Å². The Balaban J connectivity index is 0. The quantitative estimate of drug-likeness (QED) is 0.385. The van der Waals surface area contributed by atoms with Gasteiger partial charge in [0.2, 0.25) is 0 Å². The van der Waals surface area contributed by atoms with Crippen LogP contribution in [0.3, 0.4) is 0 Å². The van der Waals surface area contributed by atoms with Gasteiger partial charge in [0, 0.05) is 12.4 Å². The number of terminal acetylenes is 1. The van der Waals surface area contributed by atoms with Crippen molar-refractivity contribution in [3.63, 3.8) is 0 Å². The molecule has 0 saturated carbocycles. The van der Waals surface area contributed by atoms with Crippen LogP contribution < -0.4 is 17.2 Å². The van der Waals surface area contributed by atoms with Crippen LogP contribution in [0, 0.1) is 12.3 Å². The van der Waals surface area contributed by atoms with Crippen molar-refractivity contribution in [1.29, 1.82) is 0 Å². The summed E-state index contributed by atoms with van der Waals surface area (Å²) in [6.07, 6.45) is 9.53. The highest BCUT2D eigenvalue weighted by Gasteiger charge is 1.59. The Morgan fingerprint density at radius 3 is 1.79 bits per heavy atom. The van der Waals surface area contributed by atoms with E-state index in [2.05, 4.69) is 46.0 Å². The van der Waals surface area contributed by atoms with E-state index in [1.165, 1.54) is 6.33 Å². The number of hydrogen-bond donors (Lipinski definition) is 3. The smallest absolute Gasteiger partial charge is 0.160 e. The van der Waals surface area contributed by atoms with E-state index in [4.69, 9.17) is 5.73 Å². The lowest BCUT2D eigenvalue weighted by molar-refractivity contribution is 1.17. The third kappa shape index (κ3) is 31.7. The van der Waals surface area contributed by atoms with Crippen LogP contribution in [0.25, 0.3) is 0 Å². The van der Waals surface area contributed by atoms with Gasteiger partial charge < -0.3 is 17.2 Å². The molecule has 0 aromatic carbocycles. The fourth-order valence-corrected chi connectivity index (χ4v) is 0.253. The normalized spacial score (nSPS) is 6.57. The van der Waals surface area contributed by atoms with Crippen molar-refractivity contribution in [3.05, 3.63) is 24.8 Å². The predicted molar refractivity (Wildman–Crippen MR) is 60.9 cm³/mol. The van der Waals surface area contributed by atoms with Gasteiger partial charge in [0.1, 0.15) is 6.33 Å². The Bertz CT molecular complexity index is 225. The first-order valence-corrected chi connectivity index (χ1v) is 3.94. The fraction of sp³-hybridized carbons (Fsp3) is 0.125. The average Bonchev–Trinajstić information content (AvgIpc) is 2.20. The van der Waals surface area contributed by atoms with E-state index in [1.54, 1.807) is 18.5 Å². The standard InChI is InChI=1S/C4H4N2.C3H5N.CH4N2S/c1-2-5-4-6-3-1;1-2-3-4;2-1(3)4/h1-4H;1H,3-4H2;(H4,2,3,4). The lowest BCUT2D eigenvalue weighted by Crippen LogP contribution is -2.18. The highest BCUT2D eigenvalue weighted by molar-refractivity contribution is 7.80. The topological polar surface area (TPSA) is 104 Å². The summed E-state index contributed by atoms with van der Waals surface area (Å²) >= 11 is 4.09. The number of nitrogens with two attached hydrogens (primary N) is 3. The van der Waals surface area contributed by atoms with Crippen molar-refractivity contribution in [1.82, 2.24) is 9.97 Å². The van der Waals surface area contributed by atoms with Gasteiger partial charge in [0.15, 0.2) is 5.11 Å². The average molecular weight is 211 g/mol. The van der Waals surface area contributed by atoms with Crippen LogP contribution in [0.1, 0.15) is 0 Å². The maximum Gasteiger partial charge on any atom is 0.160 e. The molecule has 0 aliphatic carbocycles. The molecule has 1 aromatic rings. The molecule has 0 atom stereocenters. The molecular formula is C8H13N5S. The van der Waals surface area contributed by atoms with E-state index in [0.29, 0.717) is 6.54 Å². The lowest BCUT2D eigenvalue weighted by Gasteiger charge is -1.70. The minimum absolute atomic E-state index is 0.000000000000000222. The van der Waals surface area contributed by atoms with E-state index in [9.17, 15) is 0 Å². The second-order valence-electron chi connectivity index (χ2n) is 1.71. The zero-order valence-electron chi connectivity index (χ0n) is 7.63. The molecule has 0 fully saturated rings. The van der Waals surface area contributed by atoms with Crippen LogP contribution in [-0.2, 0) is 0 Å². The molecule has 0 radical (unpaired) electrons. The van der Waals surface area contributed by atoms with Gasteiger partial charge in [-0.2, -0.15) is 0 Å². The van der Waals surface area contributed by atoms with Gasteiger partial charge in [0.05, 0.1) is 6.54 Å². The molecule has 0 saturated heterocycles. The first-order chi connectivity index (χ1) is 6.65. The minimum Gasteiger partial charge on any atom is -0.377 e. The van der Waals surface area contributed by atoms with Crippen LogP contribution >= 0.6 is 12.2 Å². The Hall–Kier alpha value is -1.71. The molecule has 1 aromatic heterocycles. The van der Waals surface area contributed by atoms with E-state index in [1.807, 2.05) is 0 Å². The number of aromatic nitrogens is 2. The Morgan fingerprint density at radius 1 is 1.36 bits per heavy atom. The monoisotopic (exact) mass is 211 g/mol. The SMILES string of the molecule is C#CCN.NC(N)=S.c1cncnc1. The van der Waals surface area contributed by atoms with Gasteiger partial charge in [-0.15, -0.1) is 6.42 Å². The van der Waals surface area contributed by atoms with Crippen molar-refractivity contribution >= 4 is 17.3 Å². The second kappa shape index (κ2) is 13.9. The summed E-state index contributed by atoms with van der Waals surface area (Å²) in [6.45, 7) is 0.347. The van der Waals surface area contributed by atoms with Crippen molar-refractivity contribution < 1.29 is 0 Å². The maximum absolute atomic E-state index is 4.79. The summed E-state index contributed by atoms with van der Waals surface area (Å²) in [4.78, 5) is 7.35. The van der Waals surface area contributed by atoms with Gasteiger partial charge in [-0.1, -0.05) is 5.92 Å². The summed E-state index contributed by atoms with van der Waals surface area (Å²) in [5.41, 5.74) is 14.0. The molecule has 0 amide bonds. The van der Waals surface area contributed by atoms with Gasteiger partial charge in [-0.05, 0) is 18.3 Å². The van der Waals surface area contributed by atoms with Gasteiger partial charge in [-0.3, -0.25) is 0 Å². The van der Waals surface area contributed by atoms with Crippen molar-refractivity contribution in [2.45, 2.75) is 0 Å². The van der Waals surface area contributed by atoms with E-state index >= 15 is 0 Å². The maximum atomic E-state index is 4.79. The molecule has 1 rings (SSSR count). The highest BCUT2D eigenvalue weighted by Crippen LogP contribution is 1.66. The number of thiocarbonyl (C=S) groups is 1. The van der Waals surface area contributed by atoms with Gasteiger partial charge in [-0.25, -0.2) is 9.97 Å². The van der Waals surface area contributed by atoms with Crippen LogP contribution in [0.5, 0.6) is 0 Å². The molecule has 0 aliphatic rings. The molecule has 6 N–H and O–H groups in total. The second-order valence-corrected chi connectivity index (χ2v) is 2.19. The number of nitrogens with zero attached hydrogens (tertiary/aromatic N) is 2. The summed E-state index contributed by atoms with van der Waals surface area (Å²) in [5, 5.41) is 0.000000000000000222. The Labute approximate surface area is 88.7 Å². The summed E-state index contributed by atoms with van der Waals surface area (Å²) in [5.74, 6) is 2.21. The molecule has 0 bridgehead atoms. The van der Waals surface area contributed by atoms with Gasteiger partial charge in [0.25, 0.3) is 0 Å². The Kier molecular flexibility index (Phi) is 14.6. The van der Waals surface area contributed by atoms with Gasteiger partial charge >= 0.3 is 0 Å². The van der Waals surface area contributed by atoms with Crippen LogP contribution in [0.15, 0.2) is 24.8 Å². The first-order valence-electron chi connectivity index (χ1n) is 3.53. The molecule has 0 aliphatic heterocycles. The number of hydrogen-bond acceptors (Lipinski definition) is 4. The summed E-state index contributed by atoms with van der Waals surface area (Å²) in [6, 6.07) is 1.78. The van der Waals surface area contributed by atoms with E-state index in [-0.39, 0.29) is 5.11 Å². The molecule has 76 valence electrons. The lowest BCUT2D eigenvalue weighted by atomic mass is 10.7. The zero-order valence-corrected chi connectivity index (χ0v) is 8.45. The third-order valence-electron chi connectivity index (χ3n) is 0.595. The molecule has 0 spiro atoms. The molecule has 1 heterocycles. The summed E-state index contributed by atoms with van der Waals surface area (Å²) in [7, 11) is 0. The zero-order chi connectivity index (χ0) is 11.2. The highest BCUT2D eigenvalue weighted by atomic mass is 32.1. The molecule has 0 unspecified atom stereocenters. The molecular weight excluding hydrogens is 198 g/mol. The van der Waals surface area contributed by atoms with Crippen molar-refractivity contribution in [2.24, 2.45) is 17.2 Å². The van der Waals surface area contributed by atoms with E-state index in [0.717, 1.165) is 0 Å². The molecule has 5 nitrogen and oxygen atoms in total. The number of rotatable bonds is 0. The fourth-order valence-electron chi connectivity index (χ4n) is 0.253. The molecule has 6 heteroatoms. The predicted octanol–water partition coefficient (Wildman–Crippen LogP) is -0.756. The van der Waals surface area contributed by atoms with Crippen LogP contribution in [0.2, 0.25) is 0 Å². The van der Waals surface area contributed by atoms with Crippen molar-refractivity contribution in [2.75, 3.05) is 6.54 Å². The molecule has 14 heavy (non-hydrogen) atoms. The van der Waals surface area contributed by atoms with E-state index < -0.39 is 0 Å². The Morgan fingerprint density at radius 2 is 1.71 bits per heavy atom. The van der Waals surface area contributed by atoms with Crippen LogP contribution in [0.4, 0.5) is 0 Å².